The molecule has 0 fully saturated rings. The van der Waals surface area contributed by atoms with E-state index in [4.69, 9.17) is 5.73 Å². The molecular formula is C11H14N2S. The number of nitrogens with two attached hydrogens (primary N) is 1. The minimum Gasteiger partial charge on any atom is -0.330 e. The highest BCUT2D eigenvalue weighted by Gasteiger charge is 2.01. The van der Waals surface area contributed by atoms with E-state index in [-0.39, 0.29) is 0 Å². The second-order valence-corrected chi connectivity index (χ2v) is 4.25. The second kappa shape index (κ2) is 4.53. The molecule has 3 heteroatoms. The van der Waals surface area contributed by atoms with E-state index in [1.807, 2.05) is 6.20 Å². The number of rotatable bonds is 4. The van der Waals surface area contributed by atoms with E-state index in [2.05, 4.69) is 22.5 Å². The van der Waals surface area contributed by atoms with Gasteiger partial charge in [-0.2, -0.15) is 0 Å². The largest absolute Gasteiger partial charge is 0.330 e. The van der Waals surface area contributed by atoms with Gasteiger partial charge in [-0.15, -0.1) is 11.3 Å². The minimum atomic E-state index is 0.790. The van der Waals surface area contributed by atoms with Gasteiger partial charge in [-0.3, -0.25) is 0 Å². The van der Waals surface area contributed by atoms with Crippen molar-refractivity contribution >= 4 is 21.6 Å². The quantitative estimate of drug-likeness (QED) is 0.781. The molecule has 0 atom stereocenters. The van der Waals surface area contributed by atoms with Gasteiger partial charge in [0.1, 0.15) is 4.83 Å². The van der Waals surface area contributed by atoms with Gasteiger partial charge < -0.3 is 5.73 Å². The number of unbranched alkanes of at least 4 members (excludes halogenated alkanes) is 1. The van der Waals surface area contributed by atoms with E-state index in [0.29, 0.717) is 0 Å². The Kier molecular flexibility index (Phi) is 3.11. The number of pyridine rings is 1. The predicted molar refractivity (Wildman–Crippen MR) is 61.6 cm³/mol. The highest BCUT2D eigenvalue weighted by Crippen LogP contribution is 2.22. The fourth-order valence-corrected chi connectivity index (χ4v) is 2.39. The van der Waals surface area contributed by atoms with Crippen molar-refractivity contribution in [3.8, 4) is 0 Å². The molecule has 2 nitrogen and oxygen atoms in total. The van der Waals surface area contributed by atoms with E-state index in [1.54, 1.807) is 11.3 Å². The molecule has 2 N–H and O–H groups in total. The summed E-state index contributed by atoms with van der Waals surface area (Å²) in [6.07, 6.45) is 5.29. The molecule has 0 aliphatic heterocycles. The van der Waals surface area contributed by atoms with Crippen LogP contribution in [0.25, 0.3) is 10.2 Å². The molecule has 0 aliphatic rings. The highest BCUT2D eigenvalue weighted by atomic mass is 32.1. The molecule has 0 saturated heterocycles. The zero-order chi connectivity index (χ0) is 9.80. The van der Waals surface area contributed by atoms with Gasteiger partial charge in [-0.05, 0) is 48.9 Å². The Morgan fingerprint density at radius 2 is 2.21 bits per heavy atom. The predicted octanol–water partition coefficient (Wildman–Crippen LogP) is 2.58. The Hall–Kier alpha value is -0.930. The normalized spacial score (nSPS) is 10.9. The molecule has 0 amide bonds. The number of hydrogen-bond donors (Lipinski definition) is 1. The van der Waals surface area contributed by atoms with Gasteiger partial charge in [0.25, 0.3) is 0 Å². The molecule has 0 aliphatic carbocycles. The molecule has 74 valence electrons. The lowest BCUT2D eigenvalue weighted by Crippen LogP contribution is -1.99. The van der Waals surface area contributed by atoms with E-state index >= 15 is 0 Å². The maximum absolute atomic E-state index is 5.48. The van der Waals surface area contributed by atoms with Crippen LogP contribution in [0.15, 0.2) is 23.7 Å². The molecule has 0 saturated carbocycles. The molecule has 2 aromatic heterocycles. The first-order chi connectivity index (χ1) is 6.92. The van der Waals surface area contributed by atoms with Crippen molar-refractivity contribution in [3.63, 3.8) is 0 Å². The number of aromatic nitrogens is 1. The monoisotopic (exact) mass is 206 g/mol. The van der Waals surface area contributed by atoms with Crippen LogP contribution in [-0.2, 0) is 6.42 Å². The summed E-state index contributed by atoms with van der Waals surface area (Å²) >= 11 is 1.70. The summed E-state index contributed by atoms with van der Waals surface area (Å²) < 4.78 is 0. The van der Waals surface area contributed by atoms with Crippen LogP contribution in [0.4, 0.5) is 0 Å². The minimum absolute atomic E-state index is 0.790. The van der Waals surface area contributed by atoms with Crippen LogP contribution in [0.3, 0.4) is 0 Å². The summed E-state index contributed by atoms with van der Waals surface area (Å²) in [5.74, 6) is 0. The van der Waals surface area contributed by atoms with Crippen molar-refractivity contribution in [2.24, 2.45) is 5.73 Å². The maximum atomic E-state index is 5.48. The van der Waals surface area contributed by atoms with Crippen LogP contribution in [0.1, 0.15) is 18.4 Å². The first-order valence-electron chi connectivity index (χ1n) is 4.93. The smallest absolute Gasteiger partial charge is 0.123 e. The standard InChI is InChI=1S/C11H14N2S/c12-6-2-1-3-9-4-7-13-11-10(9)5-8-14-11/h4-5,7-8H,1-3,6,12H2. The summed E-state index contributed by atoms with van der Waals surface area (Å²) in [6.45, 7) is 0.790. The van der Waals surface area contributed by atoms with Crippen LogP contribution in [-0.4, -0.2) is 11.5 Å². The summed E-state index contributed by atoms with van der Waals surface area (Å²) in [6, 6.07) is 4.27. The Bertz CT molecular complexity index is 408. The first-order valence-corrected chi connectivity index (χ1v) is 5.81. The van der Waals surface area contributed by atoms with E-state index in [1.165, 1.54) is 17.4 Å². The van der Waals surface area contributed by atoms with Crippen molar-refractivity contribution < 1.29 is 0 Å². The molecular weight excluding hydrogens is 192 g/mol. The van der Waals surface area contributed by atoms with Gasteiger partial charge in [0.2, 0.25) is 0 Å². The van der Waals surface area contributed by atoms with E-state index in [9.17, 15) is 0 Å². The van der Waals surface area contributed by atoms with Crippen LogP contribution in [0.5, 0.6) is 0 Å². The maximum Gasteiger partial charge on any atom is 0.123 e. The Labute approximate surface area is 87.8 Å². The second-order valence-electron chi connectivity index (χ2n) is 3.36. The molecule has 2 aromatic rings. The topological polar surface area (TPSA) is 38.9 Å². The average Bonchev–Trinajstić information content (AvgIpc) is 2.67. The first kappa shape index (κ1) is 9.62. The van der Waals surface area contributed by atoms with Gasteiger partial charge in [0.15, 0.2) is 0 Å². The summed E-state index contributed by atoms with van der Waals surface area (Å²) in [4.78, 5) is 5.47. The lowest BCUT2D eigenvalue weighted by Gasteiger charge is -2.01. The molecule has 2 rings (SSSR count). The number of fused-ring (bicyclic) bond motifs is 1. The third-order valence-electron chi connectivity index (χ3n) is 2.36. The van der Waals surface area contributed by atoms with Gasteiger partial charge in [0.05, 0.1) is 0 Å². The summed E-state index contributed by atoms with van der Waals surface area (Å²) in [5, 5.41) is 3.42. The van der Waals surface area contributed by atoms with Gasteiger partial charge >= 0.3 is 0 Å². The lowest BCUT2D eigenvalue weighted by molar-refractivity contribution is 0.747. The van der Waals surface area contributed by atoms with E-state index < -0.39 is 0 Å². The Balaban J connectivity index is 2.19. The number of aryl methyl sites for hydroxylation is 1. The van der Waals surface area contributed by atoms with Gasteiger partial charge in [-0.25, -0.2) is 4.98 Å². The average molecular weight is 206 g/mol. The molecule has 0 aromatic carbocycles. The number of nitrogens with zero attached hydrogens (tertiary/aromatic N) is 1. The molecule has 0 radical (unpaired) electrons. The van der Waals surface area contributed by atoms with Crippen LogP contribution in [0.2, 0.25) is 0 Å². The van der Waals surface area contributed by atoms with Crippen molar-refractivity contribution in [3.05, 3.63) is 29.3 Å². The SMILES string of the molecule is NCCCCc1ccnc2sccc12. The third-order valence-corrected chi connectivity index (χ3v) is 3.18. The van der Waals surface area contributed by atoms with Crippen molar-refractivity contribution in [2.75, 3.05) is 6.54 Å². The third kappa shape index (κ3) is 1.94. The fraction of sp³-hybridized carbons (Fsp3) is 0.364. The highest BCUT2D eigenvalue weighted by molar-refractivity contribution is 7.16. The van der Waals surface area contributed by atoms with Crippen molar-refractivity contribution in [2.45, 2.75) is 19.3 Å². The fourth-order valence-electron chi connectivity index (χ4n) is 1.61. The van der Waals surface area contributed by atoms with Gasteiger partial charge in [0, 0.05) is 11.6 Å². The Morgan fingerprint density at radius 3 is 3.07 bits per heavy atom. The number of hydrogen-bond acceptors (Lipinski definition) is 3. The van der Waals surface area contributed by atoms with E-state index in [0.717, 1.165) is 24.2 Å². The van der Waals surface area contributed by atoms with Crippen LogP contribution < -0.4 is 5.73 Å². The Morgan fingerprint density at radius 1 is 1.29 bits per heavy atom. The molecule has 0 unspecified atom stereocenters. The van der Waals surface area contributed by atoms with Crippen molar-refractivity contribution in [1.29, 1.82) is 0 Å². The lowest BCUT2D eigenvalue weighted by atomic mass is 10.1. The van der Waals surface area contributed by atoms with Crippen LogP contribution >= 0.6 is 11.3 Å². The molecule has 0 bridgehead atoms. The number of thiophene rings is 1. The summed E-state index contributed by atoms with van der Waals surface area (Å²) in [7, 11) is 0. The zero-order valence-electron chi connectivity index (χ0n) is 8.07. The van der Waals surface area contributed by atoms with Gasteiger partial charge in [-0.1, -0.05) is 0 Å². The summed E-state index contributed by atoms with van der Waals surface area (Å²) in [5.41, 5.74) is 6.88. The van der Waals surface area contributed by atoms with Crippen molar-refractivity contribution in [1.82, 2.24) is 4.98 Å². The molecule has 0 spiro atoms. The zero-order valence-corrected chi connectivity index (χ0v) is 8.89. The van der Waals surface area contributed by atoms with Crippen LogP contribution in [0, 0.1) is 0 Å². The molecule has 14 heavy (non-hydrogen) atoms. The molecule has 2 heterocycles.